The van der Waals surface area contributed by atoms with Crippen LogP contribution in [0.3, 0.4) is 0 Å². The lowest BCUT2D eigenvalue weighted by atomic mass is 9.92. The zero-order chi connectivity index (χ0) is 19.5. The molecule has 4 rings (SSSR count). The molecule has 0 spiro atoms. The number of aromatic nitrogens is 3. The zero-order valence-corrected chi connectivity index (χ0v) is 15.5. The van der Waals surface area contributed by atoms with E-state index in [2.05, 4.69) is 20.3 Å². The summed E-state index contributed by atoms with van der Waals surface area (Å²) in [6, 6.07) is 5.60. The van der Waals surface area contributed by atoms with E-state index in [9.17, 15) is 9.18 Å². The van der Waals surface area contributed by atoms with Gasteiger partial charge in [0, 0.05) is 12.1 Å². The fourth-order valence-electron chi connectivity index (χ4n) is 3.53. The van der Waals surface area contributed by atoms with Gasteiger partial charge in [-0.05, 0) is 37.8 Å². The van der Waals surface area contributed by atoms with Crippen LogP contribution in [-0.4, -0.2) is 52.7 Å². The third kappa shape index (κ3) is 4.10. The molecule has 0 radical (unpaired) electrons. The van der Waals surface area contributed by atoms with E-state index in [1.807, 2.05) is 0 Å². The highest BCUT2D eigenvalue weighted by molar-refractivity contribution is 5.94. The van der Waals surface area contributed by atoms with Crippen molar-refractivity contribution in [3.8, 4) is 11.4 Å². The molecule has 2 aromatic rings. The van der Waals surface area contributed by atoms with Gasteiger partial charge in [0.05, 0.1) is 25.0 Å². The van der Waals surface area contributed by atoms with E-state index < -0.39 is 5.82 Å². The number of amides is 1. The van der Waals surface area contributed by atoms with Crippen LogP contribution in [0.4, 0.5) is 16.2 Å². The lowest BCUT2D eigenvalue weighted by Crippen LogP contribution is -2.42. The van der Waals surface area contributed by atoms with E-state index in [0.29, 0.717) is 30.6 Å². The molecular formula is C19H23FN6O2. The molecule has 148 valence electrons. The molecule has 3 N–H and O–H groups in total. The van der Waals surface area contributed by atoms with E-state index in [1.54, 1.807) is 18.2 Å². The summed E-state index contributed by atoms with van der Waals surface area (Å²) in [4.78, 5) is 26.4. The van der Waals surface area contributed by atoms with E-state index >= 15 is 0 Å². The van der Waals surface area contributed by atoms with Crippen LogP contribution < -0.4 is 16.0 Å². The Morgan fingerprint density at radius 3 is 2.82 bits per heavy atom. The number of carbonyl (C=O) groups excluding carboxylic acids is 1. The maximum atomic E-state index is 14.4. The highest BCUT2D eigenvalue weighted by Gasteiger charge is 2.23. The predicted molar refractivity (Wildman–Crippen MR) is 102 cm³/mol. The van der Waals surface area contributed by atoms with Gasteiger partial charge >= 0.3 is 0 Å². The Kier molecular flexibility index (Phi) is 5.45. The van der Waals surface area contributed by atoms with Gasteiger partial charge in [0.25, 0.3) is 5.91 Å². The second-order valence-corrected chi connectivity index (χ2v) is 7.13. The topological polar surface area (TPSA) is 106 Å². The van der Waals surface area contributed by atoms with Crippen LogP contribution in [0.25, 0.3) is 11.4 Å². The third-order valence-corrected chi connectivity index (χ3v) is 5.09. The SMILES string of the molecule is NC1CCC(Nc2ncc(F)c(-c3cccc(N4CCOCC4=O)n3)n2)CC1. The number of nitrogens with two attached hydrogens (primary N) is 1. The molecule has 1 saturated heterocycles. The van der Waals surface area contributed by atoms with Gasteiger partial charge in [-0.25, -0.2) is 19.3 Å². The molecule has 2 aliphatic rings. The van der Waals surface area contributed by atoms with Crippen LogP contribution >= 0.6 is 0 Å². The number of ether oxygens (including phenoxy) is 1. The van der Waals surface area contributed by atoms with Crippen molar-refractivity contribution in [3.05, 3.63) is 30.2 Å². The third-order valence-electron chi connectivity index (χ3n) is 5.09. The van der Waals surface area contributed by atoms with Gasteiger partial charge in [-0.2, -0.15) is 0 Å². The Morgan fingerprint density at radius 1 is 1.21 bits per heavy atom. The first-order valence-corrected chi connectivity index (χ1v) is 9.50. The summed E-state index contributed by atoms with van der Waals surface area (Å²) in [6.45, 7) is 0.879. The number of rotatable bonds is 4. The smallest absolute Gasteiger partial charge is 0.254 e. The first-order valence-electron chi connectivity index (χ1n) is 9.50. The van der Waals surface area contributed by atoms with E-state index in [-0.39, 0.29) is 30.3 Å². The first-order chi connectivity index (χ1) is 13.6. The van der Waals surface area contributed by atoms with Crippen LogP contribution in [-0.2, 0) is 9.53 Å². The number of morpholine rings is 1. The molecule has 2 aromatic heterocycles. The fourth-order valence-corrected chi connectivity index (χ4v) is 3.53. The monoisotopic (exact) mass is 386 g/mol. The Labute approximate surface area is 162 Å². The zero-order valence-electron chi connectivity index (χ0n) is 15.5. The predicted octanol–water partition coefficient (Wildman–Crippen LogP) is 1.72. The Morgan fingerprint density at radius 2 is 2.04 bits per heavy atom. The van der Waals surface area contributed by atoms with E-state index in [4.69, 9.17) is 10.5 Å². The van der Waals surface area contributed by atoms with Crippen LogP contribution in [0.1, 0.15) is 25.7 Å². The van der Waals surface area contributed by atoms with Crippen LogP contribution in [0, 0.1) is 5.82 Å². The van der Waals surface area contributed by atoms with Gasteiger partial charge in [0.1, 0.15) is 18.1 Å². The maximum absolute atomic E-state index is 14.4. The van der Waals surface area contributed by atoms with Gasteiger partial charge in [0.15, 0.2) is 5.82 Å². The van der Waals surface area contributed by atoms with Crippen molar-refractivity contribution in [1.82, 2.24) is 15.0 Å². The van der Waals surface area contributed by atoms with Gasteiger partial charge < -0.3 is 15.8 Å². The summed E-state index contributed by atoms with van der Waals surface area (Å²) in [6.07, 6.45) is 4.91. The van der Waals surface area contributed by atoms with Crippen molar-refractivity contribution < 1.29 is 13.9 Å². The lowest BCUT2D eigenvalue weighted by Gasteiger charge is -2.27. The molecule has 9 heteroatoms. The van der Waals surface area contributed by atoms with Gasteiger partial charge in [-0.1, -0.05) is 6.07 Å². The molecule has 3 heterocycles. The quantitative estimate of drug-likeness (QED) is 0.824. The van der Waals surface area contributed by atoms with E-state index in [0.717, 1.165) is 31.9 Å². The highest BCUT2D eigenvalue weighted by atomic mass is 19.1. The second-order valence-electron chi connectivity index (χ2n) is 7.13. The van der Waals surface area contributed by atoms with Crippen LogP contribution in [0.15, 0.2) is 24.4 Å². The minimum absolute atomic E-state index is 0.0207. The van der Waals surface area contributed by atoms with Crippen LogP contribution in [0.5, 0.6) is 0 Å². The molecule has 8 nitrogen and oxygen atoms in total. The molecule has 28 heavy (non-hydrogen) atoms. The number of nitrogens with one attached hydrogen (secondary N) is 1. The molecule has 0 unspecified atom stereocenters. The fraction of sp³-hybridized carbons (Fsp3) is 0.474. The van der Waals surface area contributed by atoms with Gasteiger partial charge in [-0.3, -0.25) is 9.69 Å². The van der Waals surface area contributed by atoms with Crippen molar-refractivity contribution in [1.29, 1.82) is 0 Å². The molecule has 1 aliphatic carbocycles. The second kappa shape index (κ2) is 8.15. The summed E-state index contributed by atoms with van der Waals surface area (Å²) in [7, 11) is 0. The Bertz CT molecular complexity index is 856. The number of halogens is 1. The van der Waals surface area contributed by atoms with Crippen molar-refractivity contribution in [3.63, 3.8) is 0 Å². The number of nitrogens with zero attached hydrogens (tertiary/aromatic N) is 4. The summed E-state index contributed by atoms with van der Waals surface area (Å²) < 4.78 is 19.6. The number of pyridine rings is 1. The summed E-state index contributed by atoms with van der Waals surface area (Å²) in [5.74, 6) is 0.0946. The molecule has 0 bridgehead atoms. The van der Waals surface area contributed by atoms with Crippen molar-refractivity contribution in [2.24, 2.45) is 5.73 Å². The molecule has 1 amide bonds. The molecule has 0 atom stereocenters. The minimum atomic E-state index is -0.561. The minimum Gasteiger partial charge on any atom is -0.370 e. The lowest BCUT2D eigenvalue weighted by molar-refractivity contribution is -0.125. The summed E-state index contributed by atoms with van der Waals surface area (Å²) in [5, 5.41) is 3.27. The highest BCUT2D eigenvalue weighted by Crippen LogP contribution is 2.25. The number of hydrogen-bond acceptors (Lipinski definition) is 7. The largest absolute Gasteiger partial charge is 0.370 e. The average molecular weight is 386 g/mol. The van der Waals surface area contributed by atoms with Crippen molar-refractivity contribution >= 4 is 17.7 Å². The Balaban J connectivity index is 1.56. The molecule has 2 fully saturated rings. The summed E-state index contributed by atoms with van der Waals surface area (Å²) in [5.41, 5.74) is 6.40. The standard InChI is InChI=1S/C19H23FN6O2/c20-14-10-22-19(23-13-6-4-12(21)5-7-13)25-18(14)15-2-1-3-16(24-15)26-8-9-28-11-17(26)27/h1-3,10,12-13H,4-9,11,21H2,(H,22,23,25). The maximum Gasteiger partial charge on any atom is 0.254 e. The van der Waals surface area contributed by atoms with Crippen LogP contribution in [0.2, 0.25) is 0 Å². The van der Waals surface area contributed by atoms with Gasteiger partial charge in [0.2, 0.25) is 5.95 Å². The van der Waals surface area contributed by atoms with E-state index in [1.165, 1.54) is 4.90 Å². The molecule has 0 aromatic carbocycles. The Hall–Kier alpha value is -2.65. The molecular weight excluding hydrogens is 363 g/mol. The van der Waals surface area contributed by atoms with Crippen molar-refractivity contribution in [2.45, 2.75) is 37.8 Å². The number of carbonyl (C=O) groups is 1. The molecule has 1 saturated carbocycles. The summed E-state index contributed by atoms with van der Waals surface area (Å²) >= 11 is 0. The number of anilines is 2. The molecule has 1 aliphatic heterocycles. The van der Waals surface area contributed by atoms with Gasteiger partial charge in [-0.15, -0.1) is 0 Å². The normalized spacial score (nSPS) is 22.9. The first kappa shape index (κ1) is 18.7. The van der Waals surface area contributed by atoms with Crippen molar-refractivity contribution in [2.75, 3.05) is 30.0 Å². The average Bonchev–Trinajstić information content (AvgIpc) is 2.71. The number of hydrogen-bond donors (Lipinski definition) is 2.